The van der Waals surface area contributed by atoms with Crippen LogP contribution in [-0.4, -0.2) is 38.1 Å². The van der Waals surface area contributed by atoms with Crippen LogP contribution in [0.5, 0.6) is 11.5 Å². The molecular formula is C21H26N2O4. The van der Waals surface area contributed by atoms with E-state index in [1.807, 2.05) is 38.1 Å². The number of methoxy groups -OCH3 is 1. The summed E-state index contributed by atoms with van der Waals surface area (Å²) in [5, 5.41) is 5.61. The zero-order valence-electron chi connectivity index (χ0n) is 15.9. The third-order valence-corrected chi connectivity index (χ3v) is 3.98. The van der Waals surface area contributed by atoms with Gasteiger partial charge in [0.2, 0.25) is 5.91 Å². The molecule has 0 spiro atoms. The van der Waals surface area contributed by atoms with Crippen LogP contribution in [0.4, 0.5) is 0 Å². The molecule has 0 saturated carbocycles. The van der Waals surface area contributed by atoms with Gasteiger partial charge in [0.1, 0.15) is 24.1 Å². The molecule has 0 bridgehead atoms. The van der Waals surface area contributed by atoms with Gasteiger partial charge in [-0.1, -0.05) is 38.1 Å². The maximum atomic E-state index is 12.5. The number of hydrogen-bond acceptors (Lipinski definition) is 4. The lowest BCUT2D eigenvalue weighted by Crippen LogP contribution is -2.50. The van der Waals surface area contributed by atoms with Crippen molar-refractivity contribution < 1.29 is 19.1 Å². The number of carbonyl (C=O) groups excluding carboxylic acids is 2. The van der Waals surface area contributed by atoms with Gasteiger partial charge in [-0.05, 0) is 30.2 Å². The Bertz CT molecular complexity index is 747. The average molecular weight is 370 g/mol. The van der Waals surface area contributed by atoms with Gasteiger partial charge in [0, 0.05) is 11.6 Å². The molecule has 2 amide bonds. The second kappa shape index (κ2) is 10.2. The maximum absolute atomic E-state index is 12.5. The molecule has 0 heterocycles. The number of benzene rings is 2. The van der Waals surface area contributed by atoms with Gasteiger partial charge in [0.05, 0.1) is 13.7 Å². The largest absolute Gasteiger partial charge is 0.497 e. The average Bonchev–Trinajstić information content (AvgIpc) is 2.69. The molecule has 0 aromatic heterocycles. The summed E-state index contributed by atoms with van der Waals surface area (Å²) in [6.45, 7) is 4.43. The van der Waals surface area contributed by atoms with E-state index in [0.717, 1.165) is 0 Å². The van der Waals surface area contributed by atoms with Gasteiger partial charge in [0.25, 0.3) is 5.91 Å². The first kappa shape index (κ1) is 20.3. The Kier molecular flexibility index (Phi) is 7.67. The van der Waals surface area contributed by atoms with Gasteiger partial charge in [-0.25, -0.2) is 0 Å². The molecule has 2 rings (SSSR count). The molecule has 1 unspecified atom stereocenters. The van der Waals surface area contributed by atoms with E-state index >= 15 is 0 Å². The highest BCUT2D eigenvalue weighted by Crippen LogP contribution is 2.18. The molecule has 2 aromatic rings. The molecule has 27 heavy (non-hydrogen) atoms. The van der Waals surface area contributed by atoms with Crippen LogP contribution in [0.3, 0.4) is 0 Å². The van der Waals surface area contributed by atoms with Crippen LogP contribution in [0.1, 0.15) is 24.2 Å². The van der Waals surface area contributed by atoms with E-state index in [9.17, 15) is 9.59 Å². The first-order chi connectivity index (χ1) is 13.0. The van der Waals surface area contributed by atoms with Crippen LogP contribution in [0, 0.1) is 5.92 Å². The molecule has 0 saturated heterocycles. The van der Waals surface area contributed by atoms with Gasteiger partial charge in [-0.15, -0.1) is 0 Å². The van der Waals surface area contributed by atoms with Gasteiger partial charge in [-0.2, -0.15) is 0 Å². The molecule has 1 atom stereocenters. The van der Waals surface area contributed by atoms with E-state index in [1.165, 1.54) is 0 Å². The summed E-state index contributed by atoms with van der Waals surface area (Å²) in [5.41, 5.74) is 0.525. The summed E-state index contributed by atoms with van der Waals surface area (Å²) in [6.07, 6.45) is 0. The van der Waals surface area contributed by atoms with Gasteiger partial charge < -0.3 is 20.1 Å². The summed E-state index contributed by atoms with van der Waals surface area (Å²) < 4.78 is 10.7. The number of rotatable bonds is 9. The number of ether oxygens (including phenoxy) is 2. The van der Waals surface area contributed by atoms with E-state index in [0.29, 0.717) is 30.2 Å². The Morgan fingerprint density at radius 1 is 1.00 bits per heavy atom. The van der Waals surface area contributed by atoms with Crippen LogP contribution in [0.25, 0.3) is 0 Å². The summed E-state index contributed by atoms with van der Waals surface area (Å²) in [5.74, 6) is 0.832. The minimum absolute atomic E-state index is 0.0445. The molecule has 2 N–H and O–H groups in total. The minimum Gasteiger partial charge on any atom is -0.497 e. The van der Waals surface area contributed by atoms with Crippen molar-refractivity contribution in [3.05, 3.63) is 60.2 Å². The highest BCUT2D eigenvalue weighted by Gasteiger charge is 2.24. The molecule has 0 radical (unpaired) electrons. The third-order valence-electron chi connectivity index (χ3n) is 3.98. The Labute approximate surface area is 159 Å². The fourth-order valence-corrected chi connectivity index (χ4v) is 2.49. The highest BCUT2D eigenvalue weighted by molar-refractivity contribution is 5.97. The number of amides is 2. The van der Waals surface area contributed by atoms with Gasteiger partial charge >= 0.3 is 0 Å². The van der Waals surface area contributed by atoms with E-state index in [1.54, 1.807) is 37.4 Å². The van der Waals surface area contributed by atoms with Crippen LogP contribution in [0.15, 0.2) is 54.6 Å². The number of nitrogens with one attached hydrogen (secondary N) is 2. The normalized spacial score (nSPS) is 11.6. The quantitative estimate of drug-likeness (QED) is 0.666. The number of carbonyl (C=O) groups is 2. The second-order valence-electron chi connectivity index (χ2n) is 6.38. The lowest BCUT2D eigenvalue weighted by molar-refractivity contribution is -0.124. The van der Waals surface area contributed by atoms with E-state index in [4.69, 9.17) is 9.47 Å². The predicted octanol–water partition coefficient (Wildman–Crippen LogP) is 2.64. The monoisotopic (exact) mass is 370 g/mol. The summed E-state index contributed by atoms with van der Waals surface area (Å²) in [7, 11) is 1.59. The molecule has 6 heteroatoms. The Morgan fingerprint density at radius 3 is 2.37 bits per heavy atom. The van der Waals surface area contributed by atoms with Gasteiger partial charge in [0.15, 0.2) is 0 Å². The maximum Gasteiger partial charge on any atom is 0.251 e. The highest BCUT2D eigenvalue weighted by atomic mass is 16.5. The molecule has 144 valence electrons. The van der Waals surface area contributed by atoms with Gasteiger partial charge in [-0.3, -0.25) is 9.59 Å². The van der Waals surface area contributed by atoms with Crippen molar-refractivity contribution in [3.63, 3.8) is 0 Å². The SMILES string of the molecule is COc1cccc(OCCNC(=O)C(NC(=O)c2ccccc2)C(C)C)c1. The van der Waals surface area contributed by atoms with Crippen molar-refractivity contribution in [3.8, 4) is 11.5 Å². The van der Waals surface area contributed by atoms with Crippen LogP contribution >= 0.6 is 0 Å². The molecular weight excluding hydrogens is 344 g/mol. The summed E-state index contributed by atoms with van der Waals surface area (Å²) >= 11 is 0. The predicted molar refractivity (Wildman–Crippen MR) is 104 cm³/mol. The van der Waals surface area contributed by atoms with Crippen LogP contribution in [0.2, 0.25) is 0 Å². The Hall–Kier alpha value is -3.02. The zero-order valence-corrected chi connectivity index (χ0v) is 15.9. The van der Waals surface area contributed by atoms with Crippen molar-refractivity contribution in [2.24, 2.45) is 5.92 Å². The molecule has 0 fully saturated rings. The smallest absolute Gasteiger partial charge is 0.251 e. The second-order valence-corrected chi connectivity index (χ2v) is 6.38. The zero-order chi connectivity index (χ0) is 19.6. The summed E-state index contributed by atoms with van der Waals surface area (Å²) in [6, 6.07) is 15.5. The Morgan fingerprint density at radius 2 is 1.70 bits per heavy atom. The third kappa shape index (κ3) is 6.33. The molecule has 2 aromatic carbocycles. The Balaban J connectivity index is 1.83. The van der Waals surface area contributed by atoms with Crippen LogP contribution in [-0.2, 0) is 4.79 Å². The minimum atomic E-state index is -0.616. The fourth-order valence-electron chi connectivity index (χ4n) is 2.49. The van der Waals surface area contributed by atoms with Crippen molar-refractivity contribution in [2.45, 2.75) is 19.9 Å². The molecule has 0 aliphatic carbocycles. The first-order valence-corrected chi connectivity index (χ1v) is 8.91. The van der Waals surface area contributed by atoms with Crippen molar-refractivity contribution in [1.29, 1.82) is 0 Å². The van der Waals surface area contributed by atoms with Crippen LogP contribution < -0.4 is 20.1 Å². The lowest BCUT2D eigenvalue weighted by atomic mass is 10.0. The topological polar surface area (TPSA) is 76.7 Å². The van der Waals surface area contributed by atoms with E-state index < -0.39 is 6.04 Å². The summed E-state index contributed by atoms with van der Waals surface area (Å²) in [4.78, 5) is 24.8. The van der Waals surface area contributed by atoms with E-state index in [2.05, 4.69) is 10.6 Å². The lowest BCUT2D eigenvalue weighted by Gasteiger charge is -2.21. The van der Waals surface area contributed by atoms with Crippen molar-refractivity contribution >= 4 is 11.8 Å². The van der Waals surface area contributed by atoms with Crippen molar-refractivity contribution in [1.82, 2.24) is 10.6 Å². The standard InChI is InChI=1S/C21H26N2O4/c1-15(2)19(23-20(24)16-8-5-4-6-9-16)21(25)22-12-13-27-18-11-7-10-17(14-18)26-3/h4-11,14-15,19H,12-13H2,1-3H3,(H,22,25)(H,23,24). The first-order valence-electron chi connectivity index (χ1n) is 8.91. The van der Waals surface area contributed by atoms with Crippen molar-refractivity contribution in [2.75, 3.05) is 20.3 Å². The van der Waals surface area contributed by atoms with E-state index in [-0.39, 0.29) is 17.7 Å². The fraction of sp³-hybridized carbons (Fsp3) is 0.333. The number of hydrogen-bond donors (Lipinski definition) is 2. The molecule has 0 aliphatic heterocycles. The molecule has 6 nitrogen and oxygen atoms in total. The molecule has 0 aliphatic rings.